The van der Waals surface area contributed by atoms with Gasteiger partial charge in [0.25, 0.3) is 11.8 Å². The lowest BCUT2D eigenvalue weighted by Crippen LogP contribution is -2.54. The first-order chi connectivity index (χ1) is 13.3. The first kappa shape index (κ1) is 19.6. The molecule has 1 aliphatic heterocycles. The highest BCUT2D eigenvalue weighted by Crippen LogP contribution is 2.37. The third-order valence-electron chi connectivity index (χ3n) is 4.16. The molecule has 3 rings (SSSR count). The van der Waals surface area contributed by atoms with Crippen LogP contribution in [-0.2, 0) is 9.59 Å². The van der Waals surface area contributed by atoms with Crippen LogP contribution in [0.25, 0.3) is 6.08 Å². The van der Waals surface area contributed by atoms with Gasteiger partial charge >= 0.3 is 6.03 Å². The van der Waals surface area contributed by atoms with Crippen LogP contribution in [-0.4, -0.2) is 32.1 Å². The summed E-state index contributed by atoms with van der Waals surface area (Å²) in [6.07, 6.45) is 1.40. The molecule has 2 aromatic rings. The number of anilines is 1. The maximum atomic E-state index is 12.9. The van der Waals surface area contributed by atoms with Crippen molar-refractivity contribution in [1.29, 1.82) is 0 Å². The number of nitrogens with zero attached hydrogens (tertiary/aromatic N) is 1. The summed E-state index contributed by atoms with van der Waals surface area (Å²) in [4.78, 5) is 38.4. The molecular formula is C20H17BrN2O5. The minimum Gasteiger partial charge on any atom is -0.493 e. The van der Waals surface area contributed by atoms with Crippen molar-refractivity contribution >= 4 is 45.5 Å². The van der Waals surface area contributed by atoms with Crippen LogP contribution in [0.5, 0.6) is 11.5 Å². The number of nitrogens with one attached hydrogen (secondary N) is 1. The Morgan fingerprint density at radius 1 is 1.04 bits per heavy atom. The first-order valence-corrected chi connectivity index (χ1v) is 9.04. The van der Waals surface area contributed by atoms with Crippen LogP contribution >= 0.6 is 15.9 Å². The van der Waals surface area contributed by atoms with E-state index in [1.165, 1.54) is 20.3 Å². The summed E-state index contributed by atoms with van der Waals surface area (Å²) in [5.74, 6) is -0.549. The molecule has 2 aromatic carbocycles. The second kappa shape index (κ2) is 7.85. The molecular weight excluding hydrogens is 428 g/mol. The van der Waals surface area contributed by atoms with Crippen LogP contribution in [0.1, 0.15) is 11.1 Å². The van der Waals surface area contributed by atoms with Gasteiger partial charge in [0.15, 0.2) is 11.5 Å². The third-order valence-corrected chi connectivity index (χ3v) is 4.75. The lowest BCUT2D eigenvalue weighted by molar-refractivity contribution is -0.122. The van der Waals surface area contributed by atoms with E-state index < -0.39 is 17.8 Å². The molecule has 4 amide bonds. The summed E-state index contributed by atoms with van der Waals surface area (Å²) in [6, 6.07) is 9.37. The normalized spacial score (nSPS) is 15.6. The molecule has 1 heterocycles. The summed E-state index contributed by atoms with van der Waals surface area (Å²) < 4.78 is 11.1. The number of rotatable bonds is 4. The van der Waals surface area contributed by atoms with E-state index >= 15 is 0 Å². The highest BCUT2D eigenvalue weighted by Gasteiger charge is 2.36. The zero-order chi connectivity index (χ0) is 20.4. The summed E-state index contributed by atoms with van der Waals surface area (Å²) in [5, 5.41) is 2.20. The monoisotopic (exact) mass is 444 g/mol. The van der Waals surface area contributed by atoms with Gasteiger partial charge in [0.2, 0.25) is 0 Å². The van der Waals surface area contributed by atoms with Crippen molar-refractivity contribution in [3.05, 3.63) is 57.6 Å². The number of urea groups is 1. The zero-order valence-corrected chi connectivity index (χ0v) is 17.0. The van der Waals surface area contributed by atoms with Crippen LogP contribution in [0, 0.1) is 6.92 Å². The van der Waals surface area contributed by atoms with Crippen LogP contribution < -0.4 is 19.7 Å². The number of barbiturate groups is 1. The van der Waals surface area contributed by atoms with Crippen molar-refractivity contribution in [2.24, 2.45) is 0 Å². The van der Waals surface area contributed by atoms with Gasteiger partial charge in [-0.1, -0.05) is 17.7 Å². The average molecular weight is 445 g/mol. The Morgan fingerprint density at radius 2 is 1.71 bits per heavy atom. The van der Waals surface area contributed by atoms with Crippen molar-refractivity contribution in [3.8, 4) is 11.5 Å². The number of methoxy groups -OCH3 is 2. The number of imide groups is 2. The molecule has 0 atom stereocenters. The number of halogens is 1. The molecule has 1 fully saturated rings. The van der Waals surface area contributed by atoms with Gasteiger partial charge in [-0.15, -0.1) is 0 Å². The van der Waals surface area contributed by atoms with E-state index in [1.807, 2.05) is 6.92 Å². The fourth-order valence-electron chi connectivity index (χ4n) is 2.77. The van der Waals surface area contributed by atoms with E-state index in [2.05, 4.69) is 21.2 Å². The number of aryl methyl sites for hydroxylation is 1. The number of carbonyl (C=O) groups is 3. The number of ether oxygens (including phenoxy) is 2. The molecule has 8 heteroatoms. The van der Waals surface area contributed by atoms with Gasteiger partial charge in [0, 0.05) is 0 Å². The van der Waals surface area contributed by atoms with E-state index in [-0.39, 0.29) is 5.57 Å². The zero-order valence-electron chi connectivity index (χ0n) is 15.4. The molecule has 1 N–H and O–H groups in total. The Labute approximate surface area is 170 Å². The Bertz CT molecular complexity index is 998. The third kappa shape index (κ3) is 3.63. The molecule has 0 bridgehead atoms. The van der Waals surface area contributed by atoms with Crippen molar-refractivity contribution in [2.75, 3.05) is 19.1 Å². The molecule has 0 aliphatic carbocycles. The average Bonchev–Trinajstić information content (AvgIpc) is 2.66. The summed E-state index contributed by atoms with van der Waals surface area (Å²) in [7, 11) is 2.99. The predicted molar refractivity (Wildman–Crippen MR) is 107 cm³/mol. The lowest BCUT2D eigenvalue weighted by Gasteiger charge is -2.26. The minimum atomic E-state index is -0.788. The van der Waals surface area contributed by atoms with Gasteiger partial charge in [-0.05, 0) is 58.8 Å². The van der Waals surface area contributed by atoms with Crippen molar-refractivity contribution < 1.29 is 23.9 Å². The molecule has 0 aromatic heterocycles. The van der Waals surface area contributed by atoms with Crippen molar-refractivity contribution in [3.63, 3.8) is 0 Å². The van der Waals surface area contributed by atoms with E-state index in [1.54, 1.807) is 36.4 Å². The number of hydrogen-bond donors (Lipinski definition) is 1. The molecule has 144 valence electrons. The van der Waals surface area contributed by atoms with Gasteiger partial charge in [-0.2, -0.15) is 0 Å². The van der Waals surface area contributed by atoms with Crippen molar-refractivity contribution in [1.82, 2.24) is 5.32 Å². The quantitative estimate of drug-likeness (QED) is 0.576. The standard InChI is InChI=1S/C20H17BrN2O5/c1-11-4-6-13(7-5-11)23-19(25)14(18(24)22-20(23)26)8-12-9-15(21)17(28-3)16(10-12)27-2/h4-10H,1-3H3,(H,22,24,26). The van der Waals surface area contributed by atoms with Gasteiger partial charge in [0.1, 0.15) is 5.57 Å². The Morgan fingerprint density at radius 3 is 2.32 bits per heavy atom. The van der Waals surface area contributed by atoms with E-state index in [9.17, 15) is 14.4 Å². The second-order valence-corrected chi connectivity index (χ2v) is 6.89. The number of hydrogen-bond acceptors (Lipinski definition) is 5. The predicted octanol–water partition coefficient (Wildman–Crippen LogP) is 3.44. The number of carbonyl (C=O) groups excluding carboxylic acids is 3. The Balaban J connectivity index is 2.04. The molecule has 7 nitrogen and oxygen atoms in total. The highest BCUT2D eigenvalue weighted by atomic mass is 79.9. The van der Waals surface area contributed by atoms with Crippen LogP contribution in [0.2, 0.25) is 0 Å². The van der Waals surface area contributed by atoms with E-state index in [4.69, 9.17) is 9.47 Å². The molecule has 0 spiro atoms. The molecule has 1 saturated heterocycles. The second-order valence-electron chi connectivity index (χ2n) is 6.03. The van der Waals surface area contributed by atoms with Gasteiger partial charge in [-0.3, -0.25) is 14.9 Å². The van der Waals surface area contributed by atoms with Crippen LogP contribution in [0.4, 0.5) is 10.5 Å². The lowest BCUT2D eigenvalue weighted by atomic mass is 10.1. The number of benzene rings is 2. The van der Waals surface area contributed by atoms with Gasteiger partial charge in [0.05, 0.1) is 24.4 Å². The molecule has 0 radical (unpaired) electrons. The topological polar surface area (TPSA) is 84.9 Å². The largest absolute Gasteiger partial charge is 0.493 e. The first-order valence-electron chi connectivity index (χ1n) is 8.25. The van der Waals surface area contributed by atoms with E-state index in [0.29, 0.717) is 27.2 Å². The molecule has 28 heavy (non-hydrogen) atoms. The van der Waals surface area contributed by atoms with Gasteiger partial charge < -0.3 is 9.47 Å². The highest BCUT2D eigenvalue weighted by molar-refractivity contribution is 9.10. The molecule has 1 aliphatic rings. The summed E-state index contributed by atoms with van der Waals surface area (Å²) >= 11 is 3.37. The van der Waals surface area contributed by atoms with Gasteiger partial charge in [-0.25, -0.2) is 9.69 Å². The maximum Gasteiger partial charge on any atom is 0.335 e. The maximum absolute atomic E-state index is 12.9. The number of amides is 4. The molecule has 0 unspecified atom stereocenters. The minimum absolute atomic E-state index is 0.167. The fraction of sp³-hybridized carbons (Fsp3) is 0.150. The van der Waals surface area contributed by atoms with Crippen LogP contribution in [0.15, 0.2) is 46.4 Å². The fourth-order valence-corrected chi connectivity index (χ4v) is 3.40. The van der Waals surface area contributed by atoms with E-state index in [0.717, 1.165) is 10.5 Å². The summed E-state index contributed by atoms with van der Waals surface area (Å²) in [5.41, 5.74) is 1.72. The Kier molecular flexibility index (Phi) is 5.51. The smallest absolute Gasteiger partial charge is 0.335 e. The Hall–Kier alpha value is -3.13. The van der Waals surface area contributed by atoms with Crippen LogP contribution in [0.3, 0.4) is 0 Å². The van der Waals surface area contributed by atoms with Crippen molar-refractivity contribution in [2.45, 2.75) is 6.92 Å². The summed E-state index contributed by atoms with van der Waals surface area (Å²) in [6.45, 7) is 1.89. The SMILES string of the molecule is COc1cc(C=C2C(=O)NC(=O)N(c3ccc(C)cc3)C2=O)cc(Br)c1OC. The molecule has 0 saturated carbocycles.